The molecule has 1 unspecified atom stereocenters. The Labute approximate surface area is 198 Å². The van der Waals surface area contributed by atoms with E-state index in [9.17, 15) is 18.7 Å². The van der Waals surface area contributed by atoms with E-state index in [4.69, 9.17) is 4.74 Å². The zero-order valence-corrected chi connectivity index (χ0v) is 19.4. The molecule has 0 aromatic carbocycles. The number of alkyl halides is 2. The average Bonchev–Trinajstić information content (AvgIpc) is 3.34. The standard InChI is InChI=1S/C23H23F2N5O3S/c1-13-17(33-15-5-7-26-16(9-15)18-10-27-14(2)34-18)3-4-19(28-13)29-21(32)30-8-6-22(20(30)31)11-23(24,25)12-22/h3-5,7,9-10,21,32H,6,8,11-12H2,1-2H3,(H,28,29). The number of rotatable bonds is 6. The summed E-state index contributed by atoms with van der Waals surface area (Å²) in [7, 11) is 0. The number of carbonyl (C=O) groups excluding carboxylic acids is 1. The zero-order valence-electron chi connectivity index (χ0n) is 18.6. The van der Waals surface area contributed by atoms with Crippen molar-refractivity contribution < 1.29 is 23.4 Å². The predicted octanol–water partition coefficient (Wildman–Crippen LogP) is 4.34. The summed E-state index contributed by atoms with van der Waals surface area (Å²) in [6.45, 7) is 3.90. The summed E-state index contributed by atoms with van der Waals surface area (Å²) in [5.74, 6) is -1.80. The van der Waals surface area contributed by atoms with Crippen LogP contribution in [0.4, 0.5) is 14.6 Å². The molecule has 1 spiro atoms. The number of nitrogens with one attached hydrogen (secondary N) is 1. The molecule has 8 nitrogen and oxygen atoms in total. The van der Waals surface area contributed by atoms with E-state index in [-0.39, 0.29) is 6.54 Å². The molecule has 2 N–H and O–H groups in total. The number of halogens is 2. The van der Waals surface area contributed by atoms with Crippen LogP contribution in [0.15, 0.2) is 36.7 Å². The summed E-state index contributed by atoms with van der Waals surface area (Å²) in [6, 6.07) is 6.88. The molecular weight excluding hydrogens is 464 g/mol. The second-order valence-corrected chi connectivity index (χ2v) is 9.99. The maximum atomic E-state index is 13.4. The number of likely N-dealkylation sites (tertiary alicyclic amines) is 1. The van der Waals surface area contributed by atoms with E-state index in [0.29, 0.717) is 29.4 Å². The van der Waals surface area contributed by atoms with E-state index in [2.05, 4.69) is 20.3 Å². The van der Waals surface area contributed by atoms with Crippen molar-refractivity contribution in [1.29, 1.82) is 0 Å². The fourth-order valence-corrected chi connectivity index (χ4v) is 5.26. The Morgan fingerprint density at radius 1 is 1.24 bits per heavy atom. The summed E-state index contributed by atoms with van der Waals surface area (Å²) in [6.07, 6.45) is 1.48. The summed E-state index contributed by atoms with van der Waals surface area (Å²) in [5.41, 5.74) is 0.272. The predicted molar refractivity (Wildman–Crippen MR) is 122 cm³/mol. The number of aromatic nitrogens is 3. The second kappa shape index (κ2) is 8.24. The van der Waals surface area contributed by atoms with E-state index in [1.807, 2.05) is 13.0 Å². The lowest BCUT2D eigenvalue weighted by Gasteiger charge is -2.43. The average molecular weight is 488 g/mol. The van der Waals surface area contributed by atoms with Crippen LogP contribution < -0.4 is 10.1 Å². The Balaban J connectivity index is 1.24. The first-order valence-corrected chi connectivity index (χ1v) is 11.6. The van der Waals surface area contributed by atoms with Crippen LogP contribution in [0.1, 0.15) is 30.0 Å². The van der Waals surface area contributed by atoms with Crippen LogP contribution in [-0.2, 0) is 4.79 Å². The molecule has 2 aliphatic rings. The number of hydrogen-bond donors (Lipinski definition) is 2. The van der Waals surface area contributed by atoms with Crippen LogP contribution in [0, 0.1) is 19.3 Å². The van der Waals surface area contributed by atoms with Gasteiger partial charge in [-0.05, 0) is 38.5 Å². The van der Waals surface area contributed by atoms with Gasteiger partial charge in [-0.3, -0.25) is 14.7 Å². The maximum Gasteiger partial charge on any atom is 0.250 e. The number of thiazole rings is 1. The number of pyridine rings is 2. The van der Waals surface area contributed by atoms with Gasteiger partial charge in [0.1, 0.15) is 17.3 Å². The van der Waals surface area contributed by atoms with E-state index >= 15 is 0 Å². The van der Waals surface area contributed by atoms with Gasteiger partial charge in [-0.2, -0.15) is 0 Å². The van der Waals surface area contributed by atoms with Crippen molar-refractivity contribution in [2.75, 3.05) is 11.9 Å². The normalized spacial score (nSPS) is 19.2. The number of amides is 1. The van der Waals surface area contributed by atoms with Crippen molar-refractivity contribution in [2.45, 2.75) is 45.4 Å². The number of carbonyl (C=O) groups is 1. The van der Waals surface area contributed by atoms with Crippen molar-refractivity contribution in [3.8, 4) is 22.1 Å². The van der Waals surface area contributed by atoms with Gasteiger partial charge in [0.25, 0.3) is 0 Å². The number of ether oxygens (including phenoxy) is 1. The Hall–Kier alpha value is -3.18. The van der Waals surface area contributed by atoms with E-state index in [0.717, 1.165) is 15.6 Å². The van der Waals surface area contributed by atoms with Crippen LogP contribution >= 0.6 is 11.3 Å². The number of aliphatic hydroxyl groups excluding tert-OH is 1. The fraction of sp³-hybridized carbons (Fsp3) is 0.391. The quantitative estimate of drug-likeness (QED) is 0.499. The highest BCUT2D eigenvalue weighted by molar-refractivity contribution is 7.15. The van der Waals surface area contributed by atoms with Crippen LogP contribution in [-0.4, -0.2) is 49.7 Å². The van der Waals surface area contributed by atoms with Crippen molar-refractivity contribution in [3.05, 3.63) is 47.4 Å². The first-order chi connectivity index (χ1) is 16.1. The molecule has 178 valence electrons. The highest BCUT2D eigenvalue weighted by Gasteiger charge is 2.64. The molecule has 1 aliphatic carbocycles. The largest absolute Gasteiger partial charge is 0.455 e. The van der Waals surface area contributed by atoms with Crippen molar-refractivity contribution in [3.63, 3.8) is 0 Å². The van der Waals surface area contributed by atoms with Crippen molar-refractivity contribution in [2.24, 2.45) is 5.41 Å². The molecule has 3 aromatic heterocycles. The number of anilines is 1. The minimum atomic E-state index is -2.80. The van der Waals surface area contributed by atoms with Crippen molar-refractivity contribution >= 4 is 23.1 Å². The number of hydrogen-bond acceptors (Lipinski definition) is 8. The van der Waals surface area contributed by atoms with Crippen molar-refractivity contribution in [1.82, 2.24) is 19.9 Å². The third-order valence-corrected chi connectivity index (χ3v) is 7.12. The highest BCUT2D eigenvalue weighted by atomic mass is 32.1. The second-order valence-electron chi connectivity index (χ2n) is 8.76. The summed E-state index contributed by atoms with van der Waals surface area (Å²) >= 11 is 1.54. The van der Waals surface area contributed by atoms with Gasteiger partial charge in [0.15, 0.2) is 0 Å². The summed E-state index contributed by atoms with van der Waals surface area (Å²) in [4.78, 5) is 27.8. The third kappa shape index (κ3) is 4.21. The van der Waals surface area contributed by atoms with Gasteiger partial charge in [0.05, 0.1) is 26.7 Å². The van der Waals surface area contributed by atoms with Gasteiger partial charge in [0.2, 0.25) is 18.2 Å². The SMILES string of the molecule is Cc1ncc(-c2cc(Oc3ccc(NC(O)N4CCC5(CC(F)(F)C5)C4=O)nc3C)ccn2)s1. The number of aryl methyl sites for hydroxylation is 2. The van der Waals surface area contributed by atoms with Crippen LogP contribution in [0.3, 0.4) is 0 Å². The molecule has 4 heterocycles. The Morgan fingerprint density at radius 3 is 2.71 bits per heavy atom. The molecular formula is C23H23F2N5O3S. The smallest absolute Gasteiger partial charge is 0.250 e. The Bertz CT molecular complexity index is 1240. The van der Waals surface area contributed by atoms with Gasteiger partial charge < -0.3 is 15.2 Å². The topological polar surface area (TPSA) is 100 Å². The molecule has 5 rings (SSSR count). The van der Waals surface area contributed by atoms with Gasteiger partial charge in [-0.25, -0.2) is 18.7 Å². The van der Waals surface area contributed by atoms with E-state index < -0.39 is 36.4 Å². The lowest BCUT2D eigenvalue weighted by Crippen LogP contribution is -2.53. The van der Waals surface area contributed by atoms with Crippen LogP contribution in [0.2, 0.25) is 0 Å². The fourth-order valence-electron chi connectivity index (χ4n) is 4.51. The van der Waals surface area contributed by atoms with Crippen LogP contribution in [0.5, 0.6) is 11.5 Å². The molecule has 0 bridgehead atoms. The molecule has 1 saturated heterocycles. The third-order valence-electron chi connectivity index (χ3n) is 6.18. The molecule has 1 atom stereocenters. The van der Waals surface area contributed by atoms with Gasteiger partial charge in [0, 0.05) is 37.8 Å². The first-order valence-electron chi connectivity index (χ1n) is 10.8. The van der Waals surface area contributed by atoms with E-state index in [1.165, 1.54) is 4.90 Å². The van der Waals surface area contributed by atoms with Gasteiger partial charge in [-0.15, -0.1) is 11.3 Å². The number of nitrogens with zero attached hydrogens (tertiary/aromatic N) is 4. The molecule has 0 radical (unpaired) electrons. The minimum Gasteiger partial charge on any atom is -0.455 e. The monoisotopic (exact) mass is 487 g/mol. The van der Waals surface area contributed by atoms with Gasteiger partial charge >= 0.3 is 0 Å². The lowest BCUT2D eigenvalue weighted by molar-refractivity contribution is -0.180. The lowest BCUT2D eigenvalue weighted by atomic mass is 9.65. The molecule has 1 saturated carbocycles. The summed E-state index contributed by atoms with van der Waals surface area (Å²) < 4.78 is 32.7. The van der Waals surface area contributed by atoms with Crippen LogP contribution in [0.25, 0.3) is 10.6 Å². The van der Waals surface area contributed by atoms with Gasteiger partial charge in [-0.1, -0.05) is 0 Å². The maximum absolute atomic E-state index is 13.4. The Morgan fingerprint density at radius 2 is 2.03 bits per heavy atom. The van der Waals surface area contributed by atoms with E-state index in [1.54, 1.807) is 48.9 Å². The molecule has 2 fully saturated rings. The molecule has 34 heavy (non-hydrogen) atoms. The molecule has 3 aromatic rings. The molecule has 11 heteroatoms. The molecule has 1 amide bonds. The Kier molecular flexibility index (Phi) is 5.48. The zero-order chi connectivity index (χ0) is 24.1. The number of aliphatic hydroxyl groups is 1. The summed E-state index contributed by atoms with van der Waals surface area (Å²) in [5, 5.41) is 14.2. The highest BCUT2D eigenvalue weighted by Crippen LogP contribution is 2.57. The first kappa shape index (κ1) is 22.6. The minimum absolute atomic E-state index is 0.215. The molecule has 1 aliphatic heterocycles.